The molecule has 16 heavy (non-hydrogen) atoms. The van der Waals surface area contributed by atoms with Gasteiger partial charge in [0.1, 0.15) is 0 Å². The molecule has 1 aromatic heterocycles. The summed E-state index contributed by atoms with van der Waals surface area (Å²) >= 11 is 0. The molecule has 1 aromatic carbocycles. The van der Waals surface area contributed by atoms with E-state index in [4.69, 9.17) is 0 Å². The number of fused-ring (bicyclic) bond motifs is 1. The van der Waals surface area contributed by atoms with Gasteiger partial charge >= 0.3 is 0 Å². The highest BCUT2D eigenvalue weighted by Crippen LogP contribution is 2.23. The van der Waals surface area contributed by atoms with Crippen molar-refractivity contribution >= 4 is 16.8 Å². The van der Waals surface area contributed by atoms with Gasteiger partial charge in [-0.3, -0.25) is 4.79 Å². The van der Waals surface area contributed by atoms with Crippen LogP contribution < -0.4 is 5.32 Å². The molecule has 0 aliphatic carbocycles. The predicted molar refractivity (Wildman–Crippen MR) is 65.8 cm³/mol. The Kier molecular flexibility index (Phi) is 2.69. The van der Waals surface area contributed by atoms with Crippen molar-refractivity contribution in [2.45, 2.75) is 19.8 Å². The smallest absolute Gasteiger partial charge is 0.253 e. The summed E-state index contributed by atoms with van der Waals surface area (Å²) in [4.78, 5) is 14.7. The highest BCUT2D eigenvalue weighted by atomic mass is 16.1. The lowest BCUT2D eigenvalue weighted by atomic mass is 10.0. The van der Waals surface area contributed by atoms with Gasteiger partial charge in [-0.1, -0.05) is 19.9 Å². The first-order valence-electron chi connectivity index (χ1n) is 5.46. The van der Waals surface area contributed by atoms with Crippen LogP contribution in [-0.4, -0.2) is 17.9 Å². The SMILES string of the molecule is CNC(=O)c1c[nH]c2ccc(C(C)C)cc12. The molecule has 2 rings (SSSR count). The van der Waals surface area contributed by atoms with E-state index in [0.29, 0.717) is 11.5 Å². The first-order valence-corrected chi connectivity index (χ1v) is 5.46. The highest BCUT2D eigenvalue weighted by molar-refractivity contribution is 6.06. The summed E-state index contributed by atoms with van der Waals surface area (Å²) in [5.41, 5.74) is 2.96. The van der Waals surface area contributed by atoms with E-state index in [1.54, 1.807) is 13.2 Å². The summed E-state index contributed by atoms with van der Waals surface area (Å²) in [5.74, 6) is 0.420. The van der Waals surface area contributed by atoms with Crippen molar-refractivity contribution in [3.63, 3.8) is 0 Å². The van der Waals surface area contributed by atoms with Gasteiger partial charge in [0.2, 0.25) is 0 Å². The fraction of sp³-hybridized carbons (Fsp3) is 0.308. The van der Waals surface area contributed by atoms with E-state index in [2.05, 4.69) is 36.3 Å². The number of nitrogens with one attached hydrogen (secondary N) is 2. The van der Waals surface area contributed by atoms with E-state index in [1.807, 2.05) is 6.07 Å². The molecule has 0 aliphatic rings. The van der Waals surface area contributed by atoms with Gasteiger partial charge in [-0.25, -0.2) is 0 Å². The van der Waals surface area contributed by atoms with E-state index in [-0.39, 0.29) is 5.91 Å². The molecule has 0 radical (unpaired) electrons. The topological polar surface area (TPSA) is 44.9 Å². The summed E-state index contributed by atoms with van der Waals surface area (Å²) in [6, 6.07) is 6.20. The summed E-state index contributed by atoms with van der Waals surface area (Å²) in [6.45, 7) is 4.29. The molecule has 3 nitrogen and oxygen atoms in total. The number of carbonyl (C=O) groups is 1. The van der Waals surface area contributed by atoms with Crippen molar-refractivity contribution in [3.05, 3.63) is 35.5 Å². The molecule has 0 bridgehead atoms. The standard InChI is InChI=1S/C13H16N2O/c1-8(2)9-4-5-12-10(6-9)11(7-15-12)13(16)14-3/h4-8,15H,1-3H3,(H,14,16). The van der Waals surface area contributed by atoms with Crippen LogP contribution in [-0.2, 0) is 0 Å². The second-order valence-corrected chi connectivity index (χ2v) is 4.24. The number of hydrogen-bond donors (Lipinski definition) is 2. The monoisotopic (exact) mass is 216 g/mol. The first kappa shape index (κ1) is 10.7. The first-order chi connectivity index (χ1) is 7.63. The summed E-state index contributed by atoms with van der Waals surface area (Å²) < 4.78 is 0. The quantitative estimate of drug-likeness (QED) is 0.796. The fourth-order valence-corrected chi connectivity index (χ4v) is 1.82. The molecule has 1 amide bonds. The summed E-state index contributed by atoms with van der Waals surface area (Å²) in [6.07, 6.45) is 1.76. The average Bonchev–Trinajstić information content (AvgIpc) is 2.70. The Morgan fingerprint density at radius 2 is 2.12 bits per heavy atom. The van der Waals surface area contributed by atoms with E-state index >= 15 is 0 Å². The largest absolute Gasteiger partial charge is 0.360 e. The van der Waals surface area contributed by atoms with E-state index in [0.717, 1.165) is 10.9 Å². The third-order valence-corrected chi connectivity index (χ3v) is 2.84. The zero-order chi connectivity index (χ0) is 11.7. The predicted octanol–water partition coefficient (Wildman–Crippen LogP) is 2.65. The number of rotatable bonds is 2. The lowest BCUT2D eigenvalue weighted by Gasteiger charge is -2.05. The molecular formula is C13H16N2O. The molecule has 3 heteroatoms. The maximum atomic E-state index is 11.6. The van der Waals surface area contributed by atoms with Crippen molar-refractivity contribution < 1.29 is 4.79 Å². The van der Waals surface area contributed by atoms with E-state index < -0.39 is 0 Å². The van der Waals surface area contributed by atoms with Crippen LogP contribution in [0.3, 0.4) is 0 Å². The van der Waals surface area contributed by atoms with Gasteiger partial charge in [-0.05, 0) is 23.6 Å². The maximum Gasteiger partial charge on any atom is 0.253 e. The van der Waals surface area contributed by atoms with Gasteiger partial charge in [0.25, 0.3) is 5.91 Å². The molecule has 0 atom stereocenters. The molecular weight excluding hydrogens is 200 g/mol. The molecule has 0 fully saturated rings. The number of carbonyl (C=O) groups excluding carboxylic acids is 1. The zero-order valence-electron chi connectivity index (χ0n) is 9.79. The van der Waals surface area contributed by atoms with Crippen LogP contribution in [0.5, 0.6) is 0 Å². The Bertz CT molecular complexity index is 526. The van der Waals surface area contributed by atoms with Crippen LogP contribution in [0.15, 0.2) is 24.4 Å². The van der Waals surface area contributed by atoms with Crippen LogP contribution >= 0.6 is 0 Å². The minimum atomic E-state index is -0.0489. The molecule has 0 aliphatic heterocycles. The summed E-state index contributed by atoms with van der Waals surface area (Å²) in [5, 5.41) is 3.64. The van der Waals surface area contributed by atoms with Gasteiger partial charge in [0.05, 0.1) is 5.56 Å². The number of hydrogen-bond acceptors (Lipinski definition) is 1. The Morgan fingerprint density at radius 1 is 1.38 bits per heavy atom. The molecule has 2 N–H and O–H groups in total. The van der Waals surface area contributed by atoms with Crippen LogP contribution in [0, 0.1) is 0 Å². The van der Waals surface area contributed by atoms with Crippen molar-refractivity contribution in [2.75, 3.05) is 7.05 Å². The van der Waals surface area contributed by atoms with Crippen molar-refractivity contribution in [1.82, 2.24) is 10.3 Å². The maximum absolute atomic E-state index is 11.6. The van der Waals surface area contributed by atoms with Crippen LogP contribution in [0.1, 0.15) is 35.7 Å². The third-order valence-electron chi connectivity index (χ3n) is 2.84. The van der Waals surface area contributed by atoms with E-state index in [9.17, 15) is 4.79 Å². The minimum Gasteiger partial charge on any atom is -0.360 e. The number of amides is 1. The Labute approximate surface area is 94.9 Å². The molecule has 0 saturated carbocycles. The lowest BCUT2D eigenvalue weighted by molar-refractivity contribution is 0.0965. The number of benzene rings is 1. The second kappa shape index (κ2) is 4.00. The fourth-order valence-electron chi connectivity index (χ4n) is 1.82. The molecule has 0 spiro atoms. The molecule has 2 aromatic rings. The van der Waals surface area contributed by atoms with Gasteiger partial charge < -0.3 is 10.3 Å². The van der Waals surface area contributed by atoms with E-state index in [1.165, 1.54) is 5.56 Å². The number of aromatic amines is 1. The average molecular weight is 216 g/mol. The number of H-pyrrole nitrogens is 1. The van der Waals surface area contributed by atoms with Crippen molar-refractivity contribution in [2.24, 2.45) is 0 Å². The van der Waals surface area contributed by atoms with Crippen LogP contribution in [0.4, 0.5) is 0 Å². The lowest BCUT2D eigenvalue weighted by Crippen LogP contribution is -2.17. The van der Waals surface area contributed by atoms with Crippen molar-refractivity contribution in [3.8, 4) is 0 Å². The van der Waals surface area contributed by atoms with Crippen LogP contribution in [0.2, 0.25) is 0 Å². The van der Waals surface area contributed by atoms with Crippen LogP contribution in [0.25, 0.3) is 10.9 Å². The Morgan fingerprint density at radius 3 is 2.75 bits per heavy atom. The van der Waals surface area contributed by atoms with Gasteiger partial charge in [-0.15, -0.1) is 0 Å². The third kappa shape index (κ3) is 1.69. The number of aromatic nitrogens is 1. The highest BCUT2D eigenvalue weighted by Gasteiger charge is 2.11. The van der Waals surface area contributed by atoms with Gasteiger partial charge in [0.15, 0.2) is 0 Å². The Hall–Kier alpha value is -1.77. The molecule has 0 saturated heterocycles. The minimum absolute atomic E-state index is 0.0489. The molecule has 1 heterocycles. The van der Waals surface area contributed by atoms with Gasteiger partial charge in [0, 0.05) is 24.1 Å². The Balaban J connectivity index is 2.60. The molecule has 0 unspecified atom stereocenters. The normalized spacial score (nSPS) is 11.0. The van der Waals surface area contributed by atoms with Crippen molar-refractivity contribution in [1.29, 1.82) is 0 Å². The zero-order valence-corrected chi connectivity index (χ0v) is 9.79. The second-order valence-electron chi connectivity index (χ2n) is 4.24. The molecule has 84 valence electrons. The van der Waals surface area contributed by atoms with Gasteiger partial charge in [-0.2, -0.15) is 0 Å². The summed E-state index contributed by atoms with van der Waals surface area (Å²) in [7, 11) is 1.65.